The van der Waals surface area contributed by atoms with E-state index in [0.29, 0.717) is 19.8 Å². The molecule has 1 fully saturated rings. The maximum Gasteiger partial charge on any atom is 0.131 e. The molecule has 0 radical (unpaired) electrons. The first kappa shape index (κ1) is 12.6. The molecule has 0 aliphatic carbocycles. The molecule has 2 atom stereocenters. The highest BCUT2D eigenvalue weighted by Gasteiger charge is 2.24. The molecule has 0 amide bonds. The predicted molar refractivity (Wildman–Crippen MR) is 58.6 cm³/mol. The maximum absolute atomic E-state index is 5.00. The fourth-order valence-corrected chi connectivity index (χ4v) is 1.36. The van der Waals surface area contributed by atoms with Crippen LogP contribution in [0, 0.1) is 0 Å². The van der Waals surface area contributed by atoms with Gasteiger partial charge in [-0.3, -0.25) is 0 Å². The van der Waals surface area contributed by atoms with E-state index in [1.54, 1.807) is 0 Å². The van der Waals surface area contributed by atoms with Crippen molar-refractivity contribution in [3.63, 3.8) is 0 Å². The van der Waals surface area contributed by atoms with Crippen molar-refractivity contribution in [1.82, 2.24) is 0 Å². The second-order valence-corrected chi connectivity index (χ2v) is 4.11. The van der Waals surface area contributed by atoms with Crippen LogP contribution in [0.4, 0.5) is 0 Å². The van der Waals surface area contributed by atoms with E-state index in [-0.39, 0.29) is 11.4 Å². The zero-order chi connectivity index (χ0) is 10.2. The minimum atomic E-state index is -0.150. The third kappa shape index (κ3) is 4.86. The van der Waals surface area contributed by atoms with Crippen molar-refractivity contribution in [3.8, 4) is 0 Å². The van der Waals surface area contributed by atoms with Gasteiger partial charge in [-0.2, -0.15) is 25.3 Å². The van der Waals surface area contributed by atoms with Gasteiger partial charge in [-0.1, -0.05) is 0 Å². The highest BCUT2D eigenvalue weighted by molar-refractivity contribution is 7.81. The van der Waals surface area contributed by atoms with Gasteiger partial charge in [0, 0.05) is 5.25 Å². The van der Waals surface area contributed by atoms with Gasteiger partial charge < -0.3 is 0 Å². The average molecular weight is 240 g/mol. The summed E-state index contributed by atoms with van der Waals surface area (Å²) in [5.74, 6) is 0.793. The van der Waals surface area contributed by atoms with E-state index in [0.717, 1.165) is 18.6 Å². The molecule has 0 spiro atoms. The summed E-state index contributed by atoms with van der Waals surface area (Å²) in [4.78, 5) is 19.7. The molecule has 14 heavy (non-hydrogen) atoms. The average Bonchev–Trinajstić information content (AvgIpc) is 2.20. The molecule has 0 bridgehead atoms. The normalized spacial score (nSPS) is 27.9. The Morgan fingerprint density at radius 2 is 2.21 bits per heavy atom. The molecule has 2 unspecified atom stereocenters. The summed E-state index contributed by atoms with van der Waals surface area (Å²) in [6, 6.07) is 0. The first-order chi connectivity index (χ1) is 6.84. The van der Waals surface area contributed by atoms with Crippen LogP contribution in [0.25, 0.3) is 0 Å². The van der Waals surface area contributed by atoms with Crippen molar-refractivity contribution >= 4 is 25.3 Å². The minimum Gasteiger partial charge on any atom is -0.237 e. The van der Waals surface area contributed by atoms with Crippen molar-refractivity contribution in [2.24, 2.45) is 0 Å². The molecular weight excluding hydrogens is 224 g/mol. The molecule has 0 aromatic heterocycles. The largest absolute Gasteiger partial charge is 0.237 e. The van der Waals surface area contributed by atoms with E-state index in [2.05, 4.69) is 25.3 Å². The van der Waals surface area contributed by atoms with Crippen molar-refractivity contribution in [2.45, 2.75) is 24.2 Å². The summed E-state index contributed by atoms with van der Waals surface area (Å²) in [7, 11) is 0. The third-order valence-corrected chi connectivity index (χ3v) is 2.73. The summed E-state index contributed by atoms with van der Waals surface area (Å²) in [5.41, 5.74) is 0. The van der Waals surface area contributed by atoms with Gasteiger partial charge in [0.1, 0.15) is 12.7 Å². The van der Waals surface area contributed by atoms with Gasteiger partial charge in [0.05, 0.1) is 13.2 Å². The molecule has 1 aliphatic heterocycles. The van der Waals surface area contributed by atoms with Crippen LogP contribution >= 0.6 is 25.3 Å². The molecule has 0 aromatic carbocycles. The van der Waals surface area contributed by atoms with Crippen LogP contribution in [-0.2, 0) is 19.6 Å². The monoisotopic (exact) mass is 240 g/mol. The van der Waals surface area contributed by atoms with E-state index in [1.807, 2.05) is 0 Å². The van der Waals surface area contributed by atoms with Crippen LogP contribution in [-0.4, -0.2) is 36.9 Å². The van der Waals surface area contributed by atoms with E-state index in [4.69, 9.17) is 19.6 Å². The van der Waals surface area contributed by atoms with E-state index in [1.165, 1.54) is 0 Å². The molecule has 1 aliphatic rings. The Balaban J connectivity index is 1.99. The third-order valence-electron chi connectivity index (χ3n) is 1.82. The summed E-state index contributed by atoms with van der Waals surface area (Å²) in [6.07, 6.45) is 1.59. The van der Waals surface area contributed by atoms with Gasteiger partial charge >= 0.3 is 0 Å². The van der Waals surface area contributed by atoms with Gasteiger partial charge in [-0.15, -0.1) is 0 Å². The number of thiol groups is 2. The Labute approximate surface area is 94.9 Å². The van der Waals surface area contributed by atoms with Crippen molar-refractivity contribution < 1.29 is 19.6 Å². The van der Waals surface area contributed by atoms with Crippen LogP contribution in [0.2, 0.25) is 0 Å². The molecular formula is C8H16O4S2. The number of hydrogen-bond acceptors (Lipinski definition) is 6. The number of rotatable bonds is 6. The maximum atomic E-state index is 5.00. The van der Waals surface area contributed by atoms with E-state index in [9.17, 15) is 0 Å². The fourth-order valence-electron chi connectivity index (χ4n) is 0.991. The fraction of sp³-hybridized carbons (Fsp3) is 1.00. The van der Waals surface area contributed by atoms with Crippen molar-refractivity contribution in [3.05, 3.63) is 0 Å². The smallest absolute Gasteiger partial charge is 0.131 e. The van der Waals surface area contributed by atoms with Crippen molar-refractivity contribution in [1.29, 1.82) is 0 Å². The lowest BCUT2D eigenvalue weighted by molar-refractivity contribution is -0.378. The molecule has 84 valence electrons. The Morgan fingerprint density at radius 1 is 1.36 bits per heavy atom. The molecule has 0 N–H and O–H groups in total. The molecule has 4 nitrogen and oxygen atoms in total. The molecule has 1 heterocycles. The lowest BCUT2D eigenvalue weighted by atomic mass is 10.2. The molecule has 0 aromatic rings. The SMILES string of the molecule is SCCCOOCC1OOCCC1S. The lowest BCUT2D eigenvalue weighted by Gasteiger charge is -2.26. The van der Waals surface area contributed by atoms with Crippen molar-refractivity contribution in [2.75, 3.05) is 25.6 Å². The second-order valence-electron chi connectivity index (χ2n) is 3.00. The number of hydrogen-bond donors (Lipinski definition) is 2. The quantitative estimate of drug-likeness (QED) is 0.317. The summed E-state index contributed by atoms with van der Waals surface area (Å²) in [6.45, 7) is 1.49. The topological polar surface area (TPSA) is 36.9 Å². The highest BCUT2D eigenvalue weighted by atomic mass is 32.1. The van der Waals surface area contributed by atoms with Gasteiger partial charge in [-0.05, 0) is 18.6 Å². The van der Waals surface area contributed by atoms with Gasteiger partial charge in [0.2, 0.25) is 0 Å². The Bertz CT molecular complexity index is 147. The van der Waals surface area contributed by atoms with E-state index >= 15 is 0 Å². The first-order valence-corrected chi connectivity index (χ1v) is 5.81. The Morgan fingerprint density at radius 3 is 2.93 bits per heavy atom. The standard InChI is InChI=1S/C8H16O4S2/c13-5-1-3-9-11-6-7-8(14)2-4-10-12-7/h7-8,13-14H,1-6H2. The van der Waals surface area contributed by atoms with Crippen LogP contribution < -0.4 is 0 Å². The second kappa shape index (κ2) is 7.78. The van der Waals surface area contributed by atoms with Crippen LogP contribution in [0.3, 0.4) is 0 Å². The summed E-state index contributed by atoms with van der Waals surface area (Å²) in [5, 5.41) is 0.150. The van der Waals surface area contributed by atoms with Gasteiger partial charge in [0.15, 0.2) is 0 Å². The zero-order valence-electron chi connectivity index (χ0n) is 7.92. The van der Waals surface area contributed by atoms with Crippen LogP contribution in [0.1, 0.15) is 12.8 Å². The first-order valence-electron chi connectivity index (χ1n) is 4.66. The molecule has 1 saturated heterocycles. The Hall–Kier alpha value is 0.540. The minimum absolute atomic E-state index is 0.150. The Kier molecular flexibility index (Phi) is 7.01. The van der Waals surface area contributed by atoms with Gasteiger partial charge in [0.25, 0.3) is 0 Å². The summed E-state index contributed by atoms with van der Waals surface area (Å²) < 4.78 is 0. The van der Waals surface area contributed by atoms with Crippen LogP contribution in [0.15, 0.2) is 0 Å². The molecule has 1 rings (SSSR count). The zero-order valence-corrected chi connectivity index (χ0v) is 9.71. The highest BCUT2D eigenvalue weighted by Crippen LogP contribution is 2.17. The molecule has 0 saturated carbocycles. The van der Waals surface area contributed by atoms with Gasteiger partial charge in [-0.25, -0.2) is 19.6 Å². The molecule has 6 heteroatoms. The van der Waals surface area contributed by atoms with Crippen LogP contribution in [0.5, 0.6) is 0 Å². The lowest BCUT2D eigenvalue weighted by Crippen LogP contribution is -2.35. The summed E-state index contributed by atoms with van der Waals surface area (Å²) >= 11 is 8.39. The van der Waals surface area contributed by atoms with E-state index < -0.39 is 0 Å². The predicted octanol–water partition coefficient (Wildman–Crippen LogP) is 1.27.